The Morgan fingerprint density at radius 2 is 1.82 bits per heavy atom. The van der Waals surface area contributed by atoms with Crippen molar-refractivity contribution in [3.8, 4) is 0 Å². The van der Waals surface area contributed by atoms with Gasteiger partial charge in [-0.3, -0.25) is 0 Å². The molecule has 2 bridgehead atoms. The second-order valence-corrected chi connectivity index (χ2v) is 7.77. The third kappa shape index (κ3) is 2.27. The van der Waals surface area contributed by atoms with E-state index in [-0.39, 0.29) is 5.41 Å². The molecule has 0 radical (unpaired) electrons. The summed E-state index contributed by atoms with van der Waals surface area (Å²) in [5.74, 6) is 0.783. The first-order valence-corrected chi connectivity index (χ1v) is 8.22. The molecule has 2 aliphatic carbocycles. The topological polar surface area (TPSA) is 28.0 Å². The first-order chi connectivity index (χ1) is 10.3. The highest BCUT2D eigenvalue weighted by Crippen LogP contribution is 2.63. The van der Waals surface area contributed by atoms with Crippen molar-refractivity contribution in [2.75, 3.05) is 19.0 Å². The minimum atomic E-state index is 0.240. The summed E-state index contributed by atoms with van der Waals surface area (Å²) in [6, 6.07) is 8.39. The SMILES string of the molecule is CN(C)c1ccc(/C=N\N=C2\C[C@@H]3CC[C@]2(C)C3(C)C)cc1. The quantitative estimate of drug-likeness (QED) is 0.601. The molecule has 0 spiro atoms. The molecule has 0 unspecified atom stereocenters. The van der Waals surface area contributed by atoms with Crippen molar-refractivity contribution in [1.82, 2.24) is 0 Å². The monoisotopic (exact) mass is 297 g/mol. The second kappa shape index (κ2) is 5.22. The minimum absolute atomic E-state index is 0.240. The Hall–Kier alpha value is -1.64. The van der Waals surface area contributed by atoms with E-state index in [0.29, 0.717) is 5.41 Å². The molecular formula is C19H27N3. The average molecular weight is 297 g/mol. The third-order valence-electron chi connectivity index (χ3n) is 6.31. The van der Waals surface area contributed by atoms with E-state index in [1.807, 2.05) is 20.3 Å². The van der Waals surface area contributed by atoms with Crippen molar-refractivity contribution in [1.29, 1.82) is 0 Å². The summed E-state index contributed by atoms with van der Waals surface area (Å²) >= 11 is 0. The van der Waals surface area contributed by atoms with Crippen molar-refractivity contribution in [3.63, 3.8) is 0 Å². The molecule has 3 rings (SSSR count). The summed E-state index contributed by atoms with van der Waals surface area (Å²) in [4.78, 5) is 2.10. The highest BCUT2D eigenvalue weighted by atomic mass is 15.2. The van der Waals surface area contributed by atoms with Gasteiger partial charge in [-0.15, -0.1) is 0 Å². The van der Waals surface area contributed by atoms with Crippen LogP contribution in [0, 0.1) is 16.7 Å². The lowest BCUT2D eigenvalue weighted by atomic mass is 9.70. The standard InChI is InChI=1S/C19H27N3/c1-18(2)15-10-11-19(18,3)17(12-15)21-20-13-14-6-8-16(9-7-14)22(4)5/h6-9,13,15H,10-12H2,1-5H3/b20-13-,21-17-/t15-,19-/m0/s1. The summed E-state index contributed by atoms with van der Waals surface area (Å²) in [5.41, 5.74) is 4.21. The first-order valence-electron chi connectivity index (χ1n) is 8.22. The maximum absolute atomic E-state index is 4.60. The highest BCUT2D eigenvalue weighted by molar-refractivity contribution is 5.94. The number of benzene rings is 1. The molecule has 2 atom stereocenters. The molecule has 0 N–H and O–H groups in total. The Balaban J connectivity index is 1.75. The second-order valence-electron chi connectivity index (χ2n) is 7.77. The molecule has 1 aromatic rings. The minimum Gasteiger partial charge on any atom is -0.378 e. The zero-order valence-corrected chi connectivity index (χ0v) is 14.4. The zero-order valence-electron chi connectivity index (χ0n) is 14.4. The summed E-state index contributed by atoms with van der Waals surface area (Å²) in [7, 11) is 4.10. The van der Waals surface area contributed by atoms with Gasteiger partial charge in [0.15, 0.2) is 0 Å². The van der Waals surface area contributed by atoms with Gasteiger partial charge >= 0.3 is 0 Å². The zero-order chi connectivity index (χ0) is 16.0. The van der Waals surface area contributed by atoms with Crippen molar-refractivity contribution in [3.05, 3.63) is 29.8 Å². The van der Waals surface area contributed by atoms with E-state index in [9.17, 15) is 0 Å². The van der Waals surface area contributed by atoms with E-state index in [0.717, 1.165) is 17.9 Å². The van der Waals surface area contributed by atoms with Gasteiger partial charge in [0.2, 0.25) is 0 Å². The van der Waals surface area contributed by atoms with Crippen LogP contribution in [-0.2, 0) is 0 Å². The molecule has 2 aliphatic rings. The molecule has 3 heteroatoms. The maximum atomic E-state index is 4.60. The molecule has 22 heavy (non-hydrogen) atoms. The van der Waals surface area contributed by atoms with Crippen LogP contribution in [0.1, 0.15) is 45.6 Å². The van der Waals surface area contributed by atoms with E-state index >= 15 is 0 Å². The van der Waals surface area contributed by atoms with Crippen LogP contribution < -0.4 is 4.90 Å². The first kappa shape index (κ1) is 15.3. The van der Waals surface area contributed by atoms with Crippen LogP contribution in [0.5, 0.6) is 0 Å². The Morgan fingerprint density at radius 1 is 1.14 bits per heavy atom. The van der Waals surface area contributed by atoms with Crippen LogP contribution in [0.2, 0.25) is 0 Å². The number of hydrogen-bond donors (Lipinski definition) is 0. The van der Waals surface area contributed by atoms with Crippen LogP contribution in [0.4, 0.5) is 5.69 Å². The molecular weight excluding hydrogens is 270 g/mol. The molecule has 3 nitrogen and oxygen atoms in total. The summed E-state index contributed by atoms with van der Waals surface area (Å²) in [6.45, 7) is 7.17. The van der Waals surface area contributed by atoms with Crippen LogP contribution >= 0.6 is 0 Å². The van der Waals surface area contributed by atoms with Gasteiger partial charge < -0.3 is 4.90 Å². The van der Waals surface area contributed by atoms with E-state index in [1.54, 1.807) is 0 Å². The molecule has 2 fully saturated rings. The number of fused-ring (bicyclic) bond motifs is 2. The Morgan fingerprint density at radius 3 is 2.32 bits per heavy atom. The van der Waals surface area contributed by atoms with Gasteiger partial charge in [0.25, 0.3) is 0 Å². The normalized spacial score (nSPS) is 31.3. The largest absolute Gasteiger partial charge is 0.378 e. The van der Waals surface area contributed by atoms with Crippen molar-refractivity contribution < 1.29 is 0 Å². The van der Waals surface area contributed by atoms with E-state index in [2.05, 4.69) is 60.1 Å². The number of rotatable bonds is 3. The molecule has 0 amide bonds. The van der Waals surface area contributed by atoms with Crippen molar-refractivity contribution >= 4 is 17.6 Å². The fourth-order valence-corrected chi connectivity index (χ4v) is 4.10. The van der Waals surface area contributed by atoms with Crippen LogP contribution in [0.25, 0.3) is 0 Å². The fraction of sp³-hybridized carbons (Fsp3) is 0.579. The van der Waals surface area contributed by atoms with Crippen molar-refractivity contribution in [2.45, 2.75) is 40.0 Å². The van der Waals surface area contributed by atoms with Crippen LogP contribution in [0.15, 0.2) is 34.5 Å². The van der Waals surface area contributed by atoms with Gasteiger partial charge in [0, 0.05) is 30.9 Å². The lowest BCUT2D eigenvalue weighted by Crippen LogP contribution is -2.32. The van der Waals surface area contributed by atoms with Gasteiger partial charge in [0.1, 0.15) is 0 Å². The van der Waals surface area contributed by atoms with E-state index in [4.69, 9.17) is 0 Å². The molecule has 2 saturated carbocycles. The summed E-state index contributed by atoms with van der Waals surface area (Å²) in [6.07, 6.45) is 5.60. The molecule has 0 heterocycles. The number of nitrogens with zero attached hydrogens (tertiary/aromatic N) is 3. The molecule has 0 saturated heterocycles. The van der Waals surface area contributed by atoms with Gasteiger partial charge in [-0.25, -0.2) is 0 Å². The van der Waals surface area contributed by atoms with Gasteiger partial charge in [-0.2, -0.15) is 10.2 Å². The molecule has 0 aromatic heterocycles. The predicted molar refractivity (Wildman–Crippen MR) is 95.0 cm³/mol. The van der Waals surface area contributed by atoms with Crippen LogP contribution in [0.3, 0.4) is 0 Å². The molecule has 118 valence electrons. The van der Waals surface area contributed by atoms with Gasteiger partial charge in [0.05, 0.1) is 6.21 Å². The Bertz CT molecular complexity index is 610. The molecule has 1 aromatic carbocycles. The number of anilines is 1. The summed E-state index contributed by atoms with van der Waals surface area (Å²) in [5, 5.41) is 8.98. The molecule has 0 aliphatic heterocycles. The lowest BCUT2D eigenvalue weighted by Gasteiger charge is -2.34. The van der Waals surface area contributed by atoms with Gasteiger partial charge in [-0.1, -0.05) is 32.9 Å². The Labute approximate surface area is 134 Å². The summed E-state index contributed by atoms with van der Waals surface area (Å²) < 4.78 is 0. The third-order valence-corrected chi connectivity index (χ3v) is 6.31. The fourth-order valence-electron chi connectivity index (χ4n) is 4.10. The smallest absolute Gasteiger partial charge is 0.0568 e. The predicted octanol–water partition coefficient (Wildman–Crippen LogP) is 4.37. The highest BCUT2D eigenvalue weighted by Gasteiger charge is 2.59. The van der Waals surface area contributed by atoms with Crippen molar-refractivity contribution in [2.24, 2.45) is 27.0 Å². The maximum Gasteiger partial charge on any atom is 0.0568 e. The average Bonchev–Trinajstić information content (AvgIpc) is 2.81. The van der Waals surface area contributed by atoms with Crippen LogP contribution in [-0.4, -0.2) is 26.0 Å². The van der Waals surface area contributed by atoms with E-state index < -0.39 is 0 Å². The van der Waals surface area contributed by atoms with Gasteiger partial charge in [-0.05, 0) is 48.3 Å². The lowest BCUT2D eigenvalue weighted by molar-refractivity contribution is 0.194. The Kier molecular flexibility index (Phi) is 3.62. The van der Waals surface area contributed by atoms with E-state index in [1.165, 1.54) is 24.2 Å². The number of hydrogen-bond acceptors (Lipinski definition) is 3.